The maximum absolute atomic E-state index is 12.1. The highest BCUT2D eigenvalue weighted by molar-refractivity contribution is 7.89. The molecule has 0 radical (unpaired) electrons. The van der Waals surface area contributed by atoms with E-state index in [2.05, 4.69) is 10.6 Å². The fraction of sp³-hybridized carbons (Fsp3) is 0.357. The molecule has 0 aliphatic carbocycles. The van der Waals surface area contributed by atoms with Gasteiger partial charge in [-0.25, -0.2) is 17.9 Å². The van der Waals surface area contributed by atoms with Crippen molar-refractivity contribution >= 4 is 16.0 Å². The van der Waals surface area contributed by atoms with E-state index in [0.717, 1.165) is 0 Å². The summed E-state index contributed by atoms with van der Waals surface area (Å²) in [7, 11) is -3.69. The Morgan fingerprint density at radius 2 is 2.05 bits per heavy atom. The van der Waals surface area contributed by atoms with Gasteiger partial charge in [-0.15, -0.1) is 6.42 Å². The average molecular weight is 295 g/mol. The van der Waals surface area contributed by atoms with Gasteiger partial charge in [-0.1, -0.05) is 12.0 Å². The van der Waals surface area contributed by atoms with Crippen molar-refractivity contribution in [1.82, 2.24) is 4.72 Å². The highest BCUT2D eigenvalue weighted by atomic mass is 32.2. The SMILES string of the molecule is C#CCOC(=O)c1cccc(S(=O)(=O)NC(C)(C)C)c1. The number of nitrogens with one attached hydrogen (secondary N) is 1. The van der Waals surface area contributed by atoms with Gasteiger partial charge in [0, 0.05) is 5.54 Å². The number of sulfonamides is 1. The lowest BCUT2D eigenvalue weighted by Gasteiger charge is -2.20. The van der Waals surface area contributed by atoms with E-state index in [1.54, 1.807) is 20.8 Å². The number of hydrogen-bond acceptors (Lipinski definition) is 4. The van der Waals surface area contributed by atoms with Gasteiger partial charge < -0.3 is 4.74 Å². The van der Waals surface area contributed by atoms with Crippen molar-refractivity contribution < 1.29 is 17.9 Å². The van der Waals surface area contributed by atoms with E-state index in [-0.39, 0.29) is 17.1 Å². The van der Waals surface area contributed by atoms with Gasteiger partial charge >= 0.3 is 5.97 Å². The van der Waals surface area contributed by atoms with Gasteiger partial charge in [-0.2, -0.15) is 0 Å². The summed E-state index contributed by atoms with van der Waals surface area (Å²) in [6, 6.07) is 5.61. The Balaban J connectivity index is 3.05. The van der Waals surface area contributed by atoms with E-state index in [0.29, 0.717) is 0 Å². The number of carbonyl (C=O) groups is 1. The van der Waals surface area contributed by atoms with Crippen molar-refractivity contribution in [2.75, 3.05) is 6.61 Å². The molecule has 0 aliphatic heterocycles. The van der Waals surface area contributed by atoms with Gasteiger partial charge in [0.2, 0.25) is 10.0 Å². The molecule has 1 aromatic rings. The van der Waals surface area contributed by atoms with Crippen LogP contribution >= 0.6 is 0 Å². The van der Waals surface area contributed by atoms with Gasteiger partial charge in [0.25, 0.3) is 0 Å². The van der Waals surface area contributed by atoms with Crippen LogP contribution in [0.3, 0.4) is 0 Å². The molecule has 108 valence electrons. The van der Waals surface area contributed by atoms with Gasteiger partial charge in [0.15, 0.2) is 6.61 Å². The molecule has 0 aliphatic rings. The smallest absolute Gasteiger partial charge is 0.339 e. The lowest BCUT2D eigenvalue weighted by atomic mass is 10.1. The molecule has 0 saturated heterocycles. The number of ether oxygens (including phenoxy) is 1. The third-order valence-corrected chi connectivity index (χ3v) is 3.86. The average Bonchev–Trinajstić information content (AvgIpc) is 2.33. The number of benzene rings is 1. The van der Waals surface area contributed by atoms with Gasteiger partial charge in [0.1, 0.15) is 0 Å². The van der Waals surface area contributed by atoms with Crippen molar-refractivity contribution in [3.05, 3.63) is 29.8 Å². The molecule has 0 heterocycles. The highest BCUT2D eigenvalue weighted by Gasteiger charge is 2.22. The summed E-state index contributed by atoms with van der Waals surface area (Å²) in [5.74, 6) is 1.51. The summed E-state index contributed by atoms with van der Waals surface area (Å²) >= 11 is 0. The molecule has 6 heteroatoms. The van der Waals surface area contributed by atoms with Crippen molar-refractivity contribution in [2.24, 2.45) is 0 Å². The Labute approximate surface area is 119 Å². The number of terminal acetylenes is 1. The summed E-state index contributed by atoms with van der Waals surface area (Å²) in [5, 5.41) is 0. The zero-order valence-corrected chi connectivity index (χ0v) is 12.5. The van der Waals surface area contributed by atoms with E-state index in [1.807, 2.05) is 0 Å². The predicted octanol–water partition coefficient (Wildman–Crippen LogP) is 1.55. The minimum absolute atomic E-state index is 0.00239. The first-order valence-electron chi connectivity index (χ1n) is 5.90. The quantitative estimate of drug-likeness (QED) is 0.676. The standard InChI is InChI=1S/C14H17NO4S/c1-5-9-19-13(16)11-7-6-8-12(10-11)20(17,18)15-14(2,3)4/h1,6-8,10,15H,9H2,2-4H3. The summed E-state index contributed by atoms with van der Waals surface area (Å²) in [5.41, 5.74) is -0.476. The van der Waals surface area contributed by atoms with Crippen LogP contribution in [0.15, 0.2) is 29.2 Å². The monoisotopic (exact) mass is 295 g/mol. The third-order valence-electron chi connectivity index (χ3n) is 2.11. The Bertz CT molecular complexity index is 636. The minimum atomic E-state index is -3.69. The molecule has 0 atom stereocenters. The van der Waals surface area contributed by atoms with Crippen LogP contribution < -0.4 is 4.72 Å². The number of esters is 1. The molecular formula is C14H17NO4S. The molecule has 1 rings (SSSR count). The summed E-state index contributed by atoms with van der Waals surface area (Å²) in [4.78, 5) is 11.6. The van der Waals surface area contributed by atoms with E-state index in [4.69, 9.17) is 11.2 Å². The zero-order chi connectivity index (χ0) is 15.4. The van der Waals surface area contributed by atoms with E-state index in [9.17, 15) is 13.2 Å². The van der Waals surface area contributed by atoms with Crippen LogP contribution in [0.5, 0.6) is 0 Å². The Morgan fingerprint density at radius 3 is 2.60 bits per heavy atom. The lowest BCUT2D eigenvalue weighted by molar-refractivity contribution is 0.0556. The molecule has 20 heavy (non-hydrogen) atoms. The number of hydrogen-bond donors (Lipinski definition) is 1. The molecule has 5 nitrogen and oxygen atoms in total. The third kappa shape index (κ3) is 4.68. The van der Waals surface area contributed by atoms with Crippen LogP contribution in [-0.2, 0) is 14.8 Å². The second kappa shape index (κ2) is 6.07. The second-order valence-electron chi connectivity index (χ2n) is 5.16. The normalized spacial score (nSPS) is 11.7. The minimum Gasteiger partial charge on any atom is -0.449 e. The van der Waals surface area contributed by atoms with Gasteiger partial charge in [0.05, 0.1) is 10.5 Å². The Kier molecular flexibility index (Phi) is 4.93. The molecule has 0 bridgehead atoms. The second-order valence-corrected chi connectivity index (χ2v) is 6.85. The molecule has 0 amide bonds. The van der Waals surface area contributed by atoms with Crippen LogP contribution in [0, 0.1) is 12.3 Å². The topological polar surface area (TPSA) is 72.5 Å². The Morgan fingerprint density at radius 1 is 1.40 bits per heavy atom. The molecule has 1 aromatic carbocycles. The molecule has 0 saturated carbocycles. The summed E-state index contributed by atoms with van der Waals surface area (Å²) < 4.78 is 31.5. The molecule has 0 spiro atoms. The van der Waals surface area contributed by atoms with Gasteiger partial charge in [-0.3, -0.25) is 0 Å². The van der Waals surface area contributed by atoms with Crippen LogP contribution in [0.1, 0.15) is 31.1 Å². The largest absolute Gasteiger partial charge is 0.449 e. The van der Waals surface area contributed by atoms with Crippen molar-refractivity contribution in [1.29, 1.82) is 0 Å². The van der Waals surface area contributed by atoms with Crippen molar-refractivity contribution in [2.45, 2.75) is 31.2 Å². The van der Waals surface area contributed by atoms with Crippen molar-refractivity contribution in [3.63, 3.8) is 0 Å². The predicted molar refractivity (Wildman–Crippen MR) is 75.6 cm³/mol. The van der Waals surface area contributed by atoms with E-state index < -0.39 is 21.5 Å². The highest BCUT2D eigenvalue weighted by Crippen LogP contribution is 2.15. The molecule has 0 unspecified atom stereocenters. The van der Waals surface area contributed by atoms with Crippen molar-refractivity contribution in [3.8, 4) is 12.3 Å². The summed E-state index contributed by atoms with van der Waals surface area (Å²) in [6.07, 6.45) is 4.99. The number of carbonyl (C=O) groups excluding carboxylic acids is 1. The summed E-state index contributed by atoms with van der Waals surface area (Å²) in [6.45, 7) is 5.04. The first kappa shape index (κ1) is 16.2. The van der Waals surface area contributed by atoms with Crippen LogP contribution in [-0.4, -0.2) is 26.5 Å². The number of rotatable bonds is 4. The van der Waals surface area contributed by atoms with Crippen LogP contribution in [0.2, 0.25) is 0 Å². The maximum Gasteiger partial charge on any atom is 0.339 e. The van der Waals surface area contributed by atoms with E-state index >= 15 is 0 Å². The molecular weight excluding hydrogens is 278 g/mol. The molecule has 0 fully saturated rings. The molecule has 0 aromatic heterocycles. The van der Waals surface area contributed by atoms with E-state index in [1.165, 1.54) is 24.3 Å². The maximum atomic E-state index is 12.1. The first-order valence-corrected chi connectivity index (χ1v) is 7.39. The fourth-order valence-corrected chi connectivity index (χ4v) is 2.91. The molecule has 1 N–H and O–H groups in total. The lowest BCUT2D eigenvalue weighted by Crippen LogP contribution is -2.40. The Hall–Kier alpha value is -1.84. The van der Waals surface area contributed by atoms with Crippen LogP contribution in [0.4, 0.5) is 0 Å². The first-order chi connectivity index (χ1) is 9.15. The zero-order valence-electron chi connectivity index (χ0n) is 11.6. The van der Waals surface area contributed by atoms with Crippen LogP contribution in [0.25, 0.3) is 0 Å². The fourth-order valence-electron chi connectivity index (χ4n) is 1.44. The van der Waals surface area contributed by atoms with Gasteiger partial charge in [-0.05, 0) is 39.0 Å².